The molecule has 1 saturated carbocycles. The molecule has 0 radical (unpaired) electrons. The highest BCUT2D eigenvalue weighted by atomic mass is 79.9. The van der Waals surface area contributed by atoms with E-state index in [1.807, 2.05) is 18.2 Å². The van der Waals surface area contributed by atoms with Crippen molar-refractivity contribution in [1.82, 2.24) is 0 Å². The summed E-state index contributed by atoms with van der Waals surface area (Å²) in [5, 5.41) is 0.790. The molecule has 0 aliphatic heterocycles. The van der Waals surface area contributed by atoms with Crippen molar-refractivity contribution >= 4 is 27.5 Å². The predicted molar refractivity (Wildman–Crippen MR) is 59.1 cm³/mol. The molecule has 0 amide bonds. The summed E-state index contributed by atoms with van der Waals surface area (Å²) in [6.45, 7) is 0.714. The zero-order valence-corrected chi connectivity index (χ0v) is 9.53. The Labute approximate surface area is 91.4 Å². The average Bonchev–Trinajstić information content (AvgIpc) is 2.90. The zero-order chi connectivity index (χ0) is 9.47. The molecule has 1 fully saturated rings. The molecule has 0 unspecified atom stereocenters. The van der Waals surface area contributed by atoms with Crippen LogP contribution < -0.4 is 5.73 Å². The SMILES string of the molecule is NCC1(c2cc(Cl)ccc2Br)CC1. The third-order valence-corrected chi connectivity index (χ3v) is 3.67. The van der Waals surface area contributed by atoms with Crippen LogP contribution >= 0.6 is 27.5 Å². The molecule has 70 valence electrons. The van der Waals surface area contributed by atoms with Crippen LogP contribution in [0.3, 0.4) is 0 Å². The van der Waals surface area contributed by atoms with E-state index in [-0.39, 0.29) is 5.41 Å². The van der Waals surface area contributed by atoms with Crippen LogP contribution in [0, 0.1) is 0 Å². The largest absolute Gasteiger partial charge is 0.330 e. The van der Waals surface area contributed by atoms with Crippen molar-refractivity contribution in [2.45, 2.75) is 18.3 Å². The second-order valence-corrected chi connectivity index (χ2v) is 4.90. The quantitative estimate of drug-likeness (QED) is 0.869. The Morgan fingerprint density at radius 2 is 2.15 bits per heavy atom. The molecule has 0 aromatic heterocycles. The van der Waals surface area contributed by atoms with E-state index in [1.54, 1.807) is 0 Å². The highest BCUT2D eigenvalue weighted by Crippen LogP contribution is 2.50. The highest BCUT2D eigenvalue weighted by molar-refractivity contribution is 9.10. The lowest BCUT2D eigenvalue weighted by molar-refractivity contribution is 0.701. The van der Waals surface area contributed by atoms with Gasteiger partial charge in [0.25, 0.3) is 0 Å². The van der Waals surface area contributed by atoms with Gasteiger partial charge in [0, 0.05) is 21.5 Å². The Hall–Kier alpha value is -0.0500. The Morgan fingerprint density at radius 3 is 2.69 bits per heavy atom. The molecule has 1 aliphatic carbocycles. The van der Waals surface area contributed by atoms with Crippen LogP contribution in [0.2, 0.25) is 5.02 Å². The normalized spacial score (nSPS) is 18.7. The van der Waals surface area contributed by atoms with E-state index in [9.17, 15) is 0 Å². The number of rotatable bonds is 2. The van der Waals surface area contributed by atoms with Gasteiger partial charge in [0.1, 0.15) is 0 Å². The topological polar surface area (TPSA) is 26.0 Å². The molecule has 1 aromatic rings. The van der Waals surface area contributed by atoms with Crippen molar-refractivity contribution < 1.29 is 0 Å². The van der Waals surface area contributed by atoms with Gasteiger partial charge < -0.3 is 5.73 Å². The van der Waals surface area contributed by atoms with Crippen LogP contribution in [0.25, 0.3) is 0 Å². The van der Waals surface area contributed by atoms with Crippen molar-refractivity contribution in [1.29, 1.82) is 0 Å². The molecule has 1 aliphatic rings. The monoisotopic (exact) mass is 259 g/mol. The molecule has 3 heteroatoms. The van der Waals surface area contributed by atoms with E-state index in [0.717, 1.165) is 9.50 Å². The lowest BCUT2D eigenvalue weighted by atomic mass is 9.96. The summed E-state index contributed by atoms with van der Waals surface area (Å²) < 4.78 is 1.12. The highest BCUT2D eigenvalue weighted by Gasteiger charge is 2.44. The van der Waals surface area contributed by atoms with Crippen LogP contribution in [0.5, 0.6) is 0 Å². The molecule has 0 spiro atoms. The Kier molecular flexibility index (Phi) is 2.39. The molecule has 2 rings (SSSR count). The number of halogens is 2. The Morgan fingerprint density at radius 1 is 1.46 bits per heavy atom. The van der Waals surface area contributed by atoms with Gasteiger partial charge in [0.15, 0.2) is 0 Å². The molecule has 0 bridgehead atoms. The number of nitrogens with two attached hydrogens (primary N) is 1. The third-order valence-electron chi connectivity index (χ3n) is 2.74. The van der Waals surface area contributed by atoms with Crippen molar-refractivity contribution in [3.05, 3.63) is 33.3 Å². The van der Waals surface area contributed by atoms with Crippen LogP contribution in [0.4, 0.5) is 0 Å². The summed E-state index contributed by atoms with van der Waals surface area (Å²) in [4.78, 5) is 0. The maximum atomic E-state index is 5.95. The first-order chi connectivity index (χ1) is 6.18. The van der Waals surface area contributed by atoms with E-state index in [2.05, 4.69) is 15.9 Å². The summed E-state index contributed by atoms with van der Waals surface area (Å²) in [5.41, 5.74) is 7.23. The van der Waals surface area contributed by atoms with Gasteiger partial charge in [-0.25, -0.2) is 0 Å². The van der Waals surface area contributed by atoms with Crippen LogP contribution in [0.15, 0.2) is 22.7 Å². The van der Waals surface area contributed by atoms with Gasteiger partial charge in [-0.2, -0.15) is 0 Å². The van der Waals surface area contributed by atoms with Gasteiger partial charge in [-0.3, -0.25) is 0 Å². The first-order valence-corrected chi connectivity index (χ1v) is 5.51. The van der Waals surface area contributed by atoms with E-state index in [1.165, 1.54) is 18.4 Å². The molecule has 0 atom stereocenters. The molecule has 13 heavy (non-hydrogen) atoms. The van der Waals surface area contributed by atoms with Crippen molar-refractivity contribution in [2.75, 3.05) is 6.54 Å². The molecule has 0 heterocycles. The lowest BCUT2D eigenvalue weighted by Gasteiger charge is -2.14. The summed E-state index contributed by atoms with van der Waals surface area (Å²) in [6.07, 6.45) is 2.37. The molecular weight excluding hydrogens is 249 g/mol. The third kappa shape index (κ3) is 1.63. The van der Waals surface area contributed by atoms with E-state index in [0.29, 0.717) is 6.54 Å². The van der Waals surface area contributed by atoms with Crippen LogP contribution in [-0.4, -0.2) is 6.54 Å². The molecule has 2 N–H and O–H groups in total. The summed E-state index contributed by atoms with van der Waals surface area (Å²) >= 11 is 9.48. The van der Waals surface area contributed by atoms with E-state index in [4.69, 9.17) is 17.3 Å². The van der Waals surface area contributed by atoms with Gasteiger partial charge in [-0.1, -0.05) is 27.5 Å². The minimum atomic E-state index is 0.212. The van der Waals surface area contributed by atoms with Crippen LogP contribution in [-0.2, 0) is 5.41 Å². The van der Waals surface area contributed by atoms with E-state index < -0.39 is 0 Å². The maximum Gasteiger partial charge on any atom is 0.0409 e. The van der Waals surface area contributed by atoms with Gasteiger partial charge in [-0.05, 0) is 36.6 Å². The minimum Gasteiger partial charge on any atom is -0.330 e. The number of hydrogen-bond acceptors (Lipinski definition) is 1. The lowest BCUT2D eigenvalue weighted by Crippen LogP contribution is -2.20. The Bertz CT molecular complexity index is 334. The molecular formula is C10H11BrClN. The smallest absolute Gasteiger partial charge is 0.0409 e. The van der Waals surface area contributed by atoms with Gasteiger partial charge >= 0.3 is 0 Å². The fourth-order valence-electron chi connectivity index (χ4n) is 1.64. The standard InChI is InChI=1S/C10H11BrClN/c11-9-2-1-7(12)5-8(9)10(6-13)3-4-10/h1-2,5H,3-4,6,13H2. The fourth-order valence-corrected chi connectivity index (χ4v) is 2.48. The number of benzene rings is 1. The number of hydrogen-bond donors (Lipinski definition) is 1. The molecule has 1 aromatic carbocycles. The van der Waals surface area contributed by atoms with E-state index >= 15 is 0 Å². The van der Waals surface area contributed by atoms with Gasteiger partial charge in [0.2, 0.25) is 0 Å². The molecule has 0 saturated heterocycles. The average molecular weight is 261 g/mol. The van der Waals surface area contributed by atoms with Crippen molar-refractivity contribution in [2.24, 2.45) is 5.73 Å². The summed E-state index contributed by atoms with van der Waals surface area (Å²) in [5.74, 6) is 0. The van der Waals surface area contributed by atoms with Crippen molar-refractivity contribution in [3.63, 3.8) is 0 Å². The van der Waals surface area contributed by atoms with Gasteiger partial charge in [-0.15, -0.1) is 0 Å². The Balaban J connectivity index is 2.44. The second-order valence-electron chi connectivity index (χ2n) is 3.61. The fraction of sp³-hybridized carbons (Fsp3) is 0.400. The van der Waals surface area contributed by atoms with Gasteiger partial charge in [0.05, 0.1) is 0 Å². The summed E-state index contributed by atoms with van der Waals surface area (Å²) in [7, 11) is 0. The first kappa shape index (κ1) is 9.50. The zero-order valence-electron chi connectivity index (χ0n) is 7.19. The van der Waals surface area contributed by atoms with Crippen LogP contribution in [0.1, 0.15) is 18.4 Å². The second kappa shape index (κ2) is 3.26. The maximum absolute atomic E-state index is 5.95. The minimum absolute atomic E-state index is 0.212. The summed E-state index contributed by atoms with van der Waals surface area (Å²) in [6, 6.07) is 5.90. The molecule has 1 nitrogen and oxygen atoms in total. The van der Waals surface area contributed by atoms with Crippen molar-refractivity contribution in [3.8, 4) is 0 Å². The predicted octanol–water partition coefficient (Wildman–Crippen LogP) is 3.09. The first-order valence-electron chi connectivity index (χ1n) is 4.33.